The first-order chi connectivity index (χ1) is 21.1. The Labute approximate surface area is 257 Å². The number of hydrogen-bond acceptors (Lipinski definition) is 7. The zero-order chi connectivity index (χ0) is 32.1. The molecule has 1 saturated carbocycles. The summed E-state index contributed by atoms with van der Waals surface area (Å²) >= 11 is 0. The van der Waals surface area contributed by atoms with Gasteiger partial charge in [0.15, 0.2) is 0 Å². The van der Waals surface area contributed by atoms with Crippen LogP contribution in [0.25, 0.3) is 10.9 Å². The normalized spacial score (nSPS) is 18.6. The van der Waals surface area contributed by atoms with Gasteiger partial charge in [-0.1, -0.05) is 38.3 Å². The standard InChI is InChI=1S/C23H33N3O3.C6H14N2.C2HF3O2/c1-29-21-9-5-8-19-20(23(28)25-12-10-24(11-13-25)14-15-27)17-26(22(19)21)16-18-6-3-2-4-7-18;1-2-8-5-3-7-4-6-8;3-2(4,5)1(6)7/h5,8-9,17-18,27H,2-4,6-7,10-16H2,1H3;7H,2-6H2,1H3;(H,6,7). The Morgan fingerprint density at radius 2 is 1.64 bits per heavy atom. The number of carbonyl (C=O) groups is 2. The van der Waals surface area contributed by atoms with Crippen molar-refractivity contribution in [1.29, 1.82) is 0 Å². The summed E-state index contributed by atoms with van der Waals surface area (Å²) in [5.41, 5.74) is 1.83. The molecule has 3 heterocycles. The maximum absolute atomic E-state index is 13.4. The maximum Gasteiger partial charge on any atom is 0.490 e. The maximum atomic E-state index is 13.4. The SMILES string of the molecule is CCN1CCNCC1.COc1cccc2c(C(=O)N3CCN(CCO)CC3)cn(CC3CCCCC3)c12.O=C(O)C(F)(F)F. The van der Waals surface area contributed by atoms with Crippen molar-refractivity contribution >= 4 is 22.8 Å². The van der Waals surface area contributed by atoms with Crippen molar-refractivity contribution in [3.8, 4) is 5.75 Å². The van der Waals surface area contributed by atoms with E-state index in [9.17, 15) is 18.0 Å². The zero-order valence-corrected chi connectivity index (χ0v) is 25.9. The van der Waals surface area contributed by atoms with Gasteiger partial charge >= 0.3 is 12.1 Å². The number of amides is 1. The van der Waals surface area contributed by atoms with E-state index in [4.69, 9.17) is 19.7 Å². The number of benzene rings is 1. The van der Waals surface area contributed by atoms with Gasteiger partial charge in [-0.05, 0) is 31.4 Å². The first-order valence-corrected chi connectivity index (χ1v) is 15.6. The lowest BCUT2D eigenvalue weighted by Crippen LogP contribution is -2.49. The number of ether oxygens (including phenoxy) is 1. The summed E-state index contributed by atoms with van der Waals surface area (Å²) < 4.78 is 39.7. The van der Waals surface area contributed by atoms with E-state index in [1.165, 1.54) is 64.8 Å². The number of carboxylic acid groups (broad SMARTS) is 1. The number of aliphatic hydroxyl groups excluding tert-OH is 1. The van der Waals surface area contributed by atoms with Gasteiger partial charge in [-0.15, -0.1) is 0 Å². The van der Waals surface area contributed by atoms with Gasteiger partial charge in [-0.2, -0.15) is 13.2 Å². The number of piperazine rings is 2. The largest absolute Gasteiger partial charge is 0.495 e. The Morgan fingerprint density at radius 3 is 2.16 bits per heavy atom. The summed E-state index contributed by atoms with van der Waals surface area (Å²) in [6.07, 6.45) is 3.48. The van der Waals surface area contributed by atoms with Gasteiger partial charge in [0.05, 0.1) is 24.8 Å². The highest BCUT2D eigenvalue weighted by Crippen LogP contribution is 2.33. The minimum atomic E-state index is -5.08. The molecule has 2 aliphatic heterocycles. The first kappa shape index (κ1) is 35.6. The van der Waals surface area contributed by atoms with E-state index < -0.39 is 12.1 Å². The van der Waals surface area contributed by atoms with E-state index in [0.29, 0.717) is 25.6 Å². The molecule has 1 amide bonds. The number of methoxy groups -OCH3 is 1. The van der Waals surface area contributed by atoms with E-state index in [1.54, 1.807) is 7.11 Å². The molecule has 2 saturated heterocycles. The Balaban J connectivity index is 0.000000290. The van der Waals surface area contributed by atoms with Crippen molar-refractivity contribution in [2.24, 2.45) is 5.92 Å². The second-order valence-electron chi connectivity index (χ2n) is 11.4. The third-order valence-electron chi connectivity index (χ3n) is 8.47. The van der Waals surface area contributed by atoms with Crippen molar-refractivity contribution in [3.05, 3.63) is 30.0 Å². The second-order valence-corrected chi connectivity index (χ2v) is 11.4. The van der Waals surface area contributed by atoms with Gasteiger partial charge in [0.2, 0.25) is 0 Å². The van der Waals surface area contributed by atoms with Crippen LogP contribution in [0, 0.1) is 5.92 Å². The van der Waals surface area contributed by atoms with Crippen molar-refractivity contribution in [1.82, 2.24) is 24.6 Å². The number of halogens is 3. The molecule has 1 aromatic carbocycles. The molecule has 1 aromatic heterocycles. The van der Waals surface area contributed by atoms with Crippen LogP contribution < -0.4 is 10.1 Å². The third kappa shape index (κ3) is 10.4. The molecule has 3 fully saturated rings. The second kappa shape index (κ2) is 17.6. The lowest BCUT2D eigenvalue weighted by molar-refractivity contribution is -0.192. The predicted octanol–water partition coefficient (Wildman–Crippen LogP) is 3.53. The molecule has 5 rings (SSSR count). The van der Waals surface area contributed by atoms with E-state index >= 15 is 0 Å². The van der Waals surface area contributed by atoms with E-state index in [1.807, 2.05) is 23.1 Å². The monoisotopic (exact) mass is 627 g/mol. The summed E-state index contributed by atoms with van der Waals surface area (Å²) in [5, 5.41) is 20.6. The highest BCUT2D eigenvalue weighted by Gasteiger charge is 2.38. The molecule has 0 radical (unpaired) electrons. The average molecular weight is 628 g/mol. The highest BCUT2D eigenvalue weighted by atomic mass is 19.4. The predicted molar refractivity (Wildman–Crippen MR) is 163 cm³/mol. The lowest BCUT2D eigenvalue weighted by Gasteiger charge is -2.34. The average Bonchev–Trinajstić information content (AvgIpc) is 3.40. The third-order valence-corrected chi connectivity index (χ3v) is 8.47. The number of aromatic nitrogens is 1. The smallest absolute Gasteiger partial charge is 0.490 e. The molecule has 2 aromatic rings. The molecule has 0 unspecified atom stereocenters. The number of nitrogens with zero attached hydrogens (tertiary/aromatic N) is 4. The van der Waals surface area contributed by atoms with Crippen LogP contribution in [0.3, 0.4) is 0 Å². The fourth-order valence-electron chi connectivity index (χ4n) is 5.97. The molecule has 0 bridgehead atoms. The minimum Gasteiger partial charge on any atom is -0.495 e. The minimum absolute atomic E-state index is 0.106. The number of nitrogens with one attached hydrogen (secondary N) is 1. The Hall–Kier alpha value is -2.87. The Bertz CT molecular complexity index is 1170. The molecule has 1 aliphatic carbocycles. The van der Waals surface area contributed by atoms with Crippen LogP contribution in [0.5, 0.6) is 5.75 Å². The molecule has 13 heteroatoms. The van der Waals surface area contributed by atoms with Gasteiger partial charge in [0.1, 0.15) is 5.75 Å². The van der Waals surface area contributed by atoms with Gasteiger partial charge in [0.25, 0.3) is 5.91 Å². The van der Waals surface area contributed by atoms with Gasteiger partial charge in [-0.25, -0.2) is 4.79 Å². The number of β-amino-alcohol motifs (C(OH)–C–C–N with tert-alkyl or cyclic N) is 1. The number of carbonyl (C=O) groups excluding carboxylic acids is 1. The molecule has 10 nitrogen and oxygen atoms in total. The van der Waals surface area contributed by atoms with Crippen molar-refractivity contribution in [3.63, 3.8) is 0 Å². The van der Waals surface area contributed by atoms with Crippen LogP contribution in [0.4, 0.5) is 13.2 Å². The van der Waals surface area contributed by atoms with Gasteiger partial charge in [-0.3, -0.25) is 9.69 Å². The summed E-state index contributed by atoms with van der Waals surface area (Å²) in [6, 6.07) is 6.01. The number of aliphatic hydroxyl groups is 1. The number of fused-ring (bicyclic) bond motifs is 1. The summed E-state index contributed by atoms with van der Waals surface area (Å²) in [5.74, 6) is -1.14. The first-order valence-electron chi connectivity index (χ1n) is 15.6. The topological polar surface area (TPSA) is 111 Å². The van der Waals surface area contributed by atoms with E-state index in [0.717, 1.165) is 41.9 Å². The molecule has 3 aliphatic rings. The van der Waals surface area contributed by atoms with Crippen LogP contribution >= 0.6 is 0 Å². The molecule has 248 valence electrons. The molecule has 44 heavy (non-hydrogen) atoms. The number of aliphatic carboxylic acids is 1. The van der Waals surface area contributed by atoms with Crippen LogP contribution in [0.2, 0.25) is 0 Å². The highest BCUT2D eigenvalue weighted by molar-refractivity contribution is 6.08. The lowest BCUT2D eigenvalue weighted by atomic mass is 9.89. The summed E-state index contributed by atoms with van der Waals surface area (Å²) in [6.45, 7) is 13.1. The summed E-state index contributed by atoms with van der Waals surface area (Å²) in [4.78, 5) is 28.9. The molecular weight excluding hydrogens is 579 g/mol. The van der Waals surface area contributed by atoms with Gasteiger partial charge in [0, 0.05) is 77.0 Å². The van der Waals surface area contributed by atoms with E-state index in [-0.39, 0.29) is 12.5 Å². The number of alkyl halides is 3. The molecule has 0 atom stereocenters. The number of likely N-dealkylation sites (N-methyl/N-ethyl adjacent to an activating group) is 1. The van der Waals surface area contributed by atoms with Gasteiger partial charge < -0.3 is 34.6 Å². The summed E-state index contributed by atoms with van der Waals surface area (Å²) in [7, 11) is 1.70. The van der Waals surface area contributed by atoms with Crippen LogP contribution in [-0.4, -0.2) is 127 Å². The Morgan fingerprint density at radius 1 is 1.00 bits per heavy atom. The fourth-order valence-corrected chi connectivity index (χ4v) is 5.97. The van der Waals surface area contributed by atoms with Crippen molar-refractivity contribution in [2.45, 2.75) is 51.7 Å². The number of hydrogen-bond donors (Lipinski definition) is 3. The molecule has 0 spiro atoms. The van der Waals surface area contributed by atoms with Crippen molar-refractivity contribution in [2.75, 3.05) is 79.2 Å². The molecular formula is C31H48F3N5O5. The quantitative estimate of drug-likeness (QED) is 0.428. The van der Waals surface area contributed by atoms with Crippen LogP contribution in [-0.2, 0) is 11.3 Å². The number of rotatable bonds is 7. The Kier molecular flexibility index (Phi) is 14.2. The van der Waals surface area contributed by atoms with Crippen LogP contribution in [0.15, 0.2) is 24.4 Å². The zero-order valence-electron chi connectivity index (χ0n) is 25.9. The fraction of sp³-hybridized carbons (Fsp3) is 0.677. The molecule has 3 N–H and O–H groups in total. The number of carboxylic acids is 1. The number of para-hydroxylation sites is 1. The van der Waals surface area contributed by atoms with Crippen molar-refractivity contribution < 1.29 is 37.7 Å². The van der Waals surface area contributed by atoms with E-state index in [2.05, 4.69) is 32.8 Å². The van der Waals surface area contributed by atoms with Crippen LogP contribution in [0.1, 0.15) is 49.4 Å².